The monoisotopic (exact) mass is 333 g/mol. The number of fused-ring (bicyclic) bond motifs is 2. The summed E-state index contributed by atoms with van der Waals surface area (Å²) in [4.78, 5) is 12.7. The number of aromatic nitrogens is 1. The normalized spacial score (nSPS) is 12.5. The summed E-state index contributed by atoms with van der Waals surface area (Å²) in [5.74, 6) is 0.164. The van der Waals surface area contributed by atoms with E-state index in [-0.39, 0.29) is 11.3 Å². The van der Waals surface area contributed by atoms with Crippen LogP contribution in [-0.4, -0.2) is 10.7 Å². The molecule has 0 spiro atoms. The van der Waals surface area contributed by atoms with Crippen molar-refractivity contribution in [2.45, 2.75) is 39.4 Å². The number of pyridine rings is 1. The van der Waals surface area contributed by atoms with Gasteiger partial charge < -0.3 is 4.57 Å². The van der Waals surface area contributed by atoms with E-state index in [0.29, 0.717) is 21.8 Å². The topological polar surface area (TPSA) is 22.0 Å². The van der Waals surface area contributed by atoms with Crippen molar-refractivity contribution in [1.29, 1.82) is 0 Å². The third kappa shape index (κ3) is 2.90. The van der Waals surface area contributed by atoms with Crippen LogP contribution in [0.4, 0.5) is 13.2 Å². The smallest absolute Gasteiger partial charge is 0.331 e. The van der Waals surface area contributed by atoms with Gasteiger partial charge in [0.1, 0.15) is 6.54 Å². The summed E-state index contributed by atoms with van der Waals surface area (Å²) in [5, 5.41) is 0.644. The maximum atomic E-state index is 13.1. The SMILES string of the molecule is Cc1ccc2c(c1)c(=O)c1ccc(C(C)C)cc1n2CC(F)(F)F. The van der Waals surface area contributed by atoms with Gasteiger partial charge in [-0.15, -0.1) is 0 Å². The summed E-state index contributed by atoms with van der Waals surface area (Å²) in [5.41, 5.74) is 2.18. The number of nitrogens with zero attached hydrogens (tertiary/aromatic N) is 1. The van der Waals surface area contributed by atoms with Crippen LogP contribution in [0.2, 0.25) is 0 Å². The molecule has 24 heavy (non-hydrogen) atoms. The molecule has 0 saturated heterocycles. The summed E-state index contributed by atoms with van der Waals surface area (Å²) in [6.07, 6.45) is -4.37. The highest BCUT2D eigenvalue weighted by molar-refractivity contribution is 5.94. The van der Waals surface area contributed by atoms with E-state index < -0.39 is 12.7 Å². The van der Waals surface area contributed by atoms with Gasteiger partial charge in [-0.2, -0.15) is 13.2 Å². The summed E-state index contributed by atoms with van der Waals surface area (Å²) in [6.45, 7) is 4.64. The molecule has 0 aliphatic heterocycles. The number of hydrogen-bond acceptors (Lipinski definition) is 1. The Kier molecular flexibility index (Phi) is 3.90. The zero-order chi connectivity index (χ0) is 17.6. The number of halogens is 3. The molecule has 3 aromatic rings. The molecule has 0 amide bonds. The number of rotatable bonds is 2. The Balaban J connectivity index is 2.49. The van der Waals surface area contributed by atoms with Crippen molar-refractivity contribution in [3.8, 4) is 0 Å². The summed E-state index contributed by atoms with van der Waals surface area (Å²) < 4.78 is 40.6. The molecular formula is C19H18F3NO. The molecule has 0 radical (unpaired) electrons. The average molecular weight is 333 g/mol. The molecule has 126 valence electrons. The molecule has 0 unspecified atom stereocenters. The number of benzene rings is 2. The van der Waals surface area contributed by atoms with Crippen LogP contribution in [0, 0.1) is 6.92 Å². The van der Waals surface area contributed by atoms with E-state index in [4.69, 9.17) is 0 Å². The molecule has 0 aliphatic rings. The minimum atomic E-state index is -4.37. The predicted octanol–water partition coefficient (Wildman–Crippen LogP) is 5.15. The van der Waals surface area contributed by atoms with Gasteiger partial charge in [-0.3, -0.25) is 4.79 Å². The number of aryl methyl sites for hydroxylation is 1. The zero-order valence-corrected chi connectivity index (χ0v) is 13.7. The van der Waals surface area contributed by atoms with E-state index in [1.165, 1.54) is 4.57 Å². The maximum absolute atomic E-state index is 13.1. The van der Waals surface area contributed by atoms with Crippen molar-refractivity contribution >= 4 is 21.8 Å². The zero-order valence-electron chi connectivity index (χ0n) is 13.7. The molecule has 1 aromatic heterocycles. The van der Waals surface area contributed by atoms with Crippen molar-refractivity contribution in [2.75, 3.05) is 0 Å². The molecule has 3 rings (SSSR count). The Morgan fingerprint density at radius 3 is 2.33 bits per heavy atom. The first-order chi connectivity index (χ1) is 11.2. The van der Waals surface area contributed by atoms with Crippen LogP contribution in [0.3, 0.4) is 0 Å². The molecule has 2 aromatic carbocycles. The Labute approximate surface area is 137 Å². The van der Waals surface area contributed by atoms with Crippen molar-refractivity contribution in [3.05, 3.63) is 57.7 Å². The second kappa shape index (κ2) is 5.65. The lowest BCUT2D eigenvalue weighted by atomic mass is 9.99. The fraction of sp³-hybridized carbons (Fsp3) is 0.316. The van der Waals surface area contributed by atoms with E-state index in [1.807, 2.05) is 26.8 Å². The molecule has 0 bridgehead atoms. The van der Waals surface area contributed by atoms with Gasteiger partial charge >= 0.3 is 6.18 Å². The summed E-state index contributed by atoms with van der Waals surface area (Å²) in [7, 11) is 0. The van der Waals surface area contributed by atoms with Gasteiger partial charge in [-0.1, -0.05) is 31.5 Å². The quantitative estimate of drug-likeness (QED) is 0.595. The van der Waals surface area contributed by atoms with Crippen molar-refractivity contribution in [2.24, 2.45) is 0 Å². The lowest BCUT2D eigenvalue weighted by molar-refractivity contribution is -0.139. The van der Waals surface area contributed by atoms with Crippen LogP contribution in [0.15, 0.2) is 41.2 Å². The Hall–Kier alpha value is -2.30. The molecule has 0 N–H and O–H groups in total. The lowest BCUT2D eigenvalue weighted by Crippen LogP contribution is -2.21. The second-order valence-electron chi connectivity index (χ2n) is 6.48. The highest BCUT2D eigenvalue weighted by Gasteiger charge is 2.29. The number of alkyl halides is 3. The molecule has 0 saturated carbocycles. The van der Waals surface area contributed by atoms with Gasteiger partial charge in [-0.05, 0) is 42.7 Å². The van der Waals surface area contributed by atoms with Gasteiger partial charge in [0, 0.05) is 10.8 Å². The van der Waals surface area contributed by atoms with Crippen molar-refractivity contribution < 1.29 is 13.2 Å². The van der Waals surface area contributed by atoms with E-state index in [9.17, 15) is 18.0 Å². The van der Waals surface area contributed by atoms with Crippen LogP contribution in [0.1, 0.15) is 30.9 Å². The Morgan fingerprint density at radius 2 is 1.71 bits per heavy atom. The van der Waals surface area contributed by atoms with Crippen LogP contribution in [-0.2, 0) is 6.54 Å². The first kappa shape index (κ1) is 16.6. The third-order valence-electron chi connectivity index (χ3n) is 4.25. The Morgan fingerprint density at radius 1 is 1.00 bits per heavy atom. The maximum Gasteiger partial charge on any atom is 0.406 e. The van der Waals surface area contributed by atoms with Crippen molar-refractivity contribution in [3.63, 3.8) is 0 Å². The molecule has 0 atom stereocenters. The van der Waals surface area contributed by atoms with Crippen LogP contribution in [0.25, 0.3) is 21.8 Å². The van der Waals surface area contributed by atoms with Crippen LogP contribution >= 0.6 is 0 Å². The van der Waals surface area contributed by atoms with Crippen LogP contribution in [0.5, 0.6) is 0 Å². The summed E-state index contributed by atoms with van der Waals surface area (Å²) >= 11 is 0. The van der Waals surface area contributed by atoms with Gasteiger partial charge in [0.15, 0.2) is 5.43 Å². The largest absolute Gasteiger partial charge is 0.406 e. The lowest BCUT2D eigenvalue weighted by Gasteiger charge is -2.18. The molecule has 0 fully saturated rings. The standard InChI is InChI=1S/C19H18F3NO/c1-11(2)13-5-6-14-17(9-13)23(10-19(20,21)22)16-7-4-12(3)8-15(16)18(14)24/h4-9,11H,10H2,1-3H3. The van der Waals surface area contributed by atoms with E-state index >= 15 is 0 Å². The van der Waals surface area contributed by atoms with Crippen molar-refractivity contribution in [1.82, 2.24) is 4.57 Å². The van der Waals surface area contributed by atoms with Gasteiger partial charge in [0.25, 0.3) is 0 Å². The van der Waals surface area contributed by atoms with E-state index in [1.54, 1.807) is 30.3 Å². The fourth-order valence-electron chi connectivity index (χ4n) is 3.01. The van der Waals surface area contributed by atoms with E-state index in [0.717, 1.165) is 11.1 Å². The van der Waals surface area contributed by atoms with Gasteiger partial charge in [-0.25, -0.2) is 0 Å². The average Bonchev–Trinajstić information content (AvgIpc) is 2.49. The van der Waals surface area contributed by atoms with E-state index in [2.05, 4.69) is 0 Å². The second-order valence-corrected chi connectivity index (χ2v) is 6.48. The first-order valence-corrected chi connectivity index (χ1v) is 7.81. The molecule has 2 nitrogen and oxygen atoms in total. The highest BCUT2D eigenvalue weighted by Crippen LogP contribution is 2.27. The molecule has 1 heterocycles. The highest BCUT2D eigenvalue weighted by atomic mass is 19.4. The number of hydrogen-bond donors (Lipinski definition) is 0. The minimum absolute atomic E-state index is 0.164. The fourth-order valence-corrected chi connectivity index (χ4v) is 3.01. The molecule has 0 aliphatic carbocycles. The predicted molar refractivity (Wildman–Crippen MR) is 90.6 cm³/mol. The Bertz CT molecular complexity index is 984. The molecule has 5 heteroatoms. The molecular weight excluding hydrogens is 315 g/mol. The minimum Gasteiger partial charge on any atom is -0.331 e. The van der Waals surface area contributed by atoms with Crippen LogP contribution < -0.4 is 5.43 Å². The van der Waals surface area contributed by atoms with Gasteiger partial charge in [0.05, 0.1) is 11.0 Å². The van der Waals surface area contributed by atoms with Gasteiger partial charge in [0.2, 0.25) is 0 Å². The first-order valence-electron chi connectivity index (χ1n) is 7.81. The third-order valence-corrected chi connectivity index (χ3v) is 4.25. The summed E-state index contributed by atoms with van der Waals surface area (Å²) in [6, 6.07) is 10.1.